The molecule has 2 N–H and O–H groups in total. The molecule has 3 nitrogen and oxygen atoms in total. The molecule has 0 aliphatic heterocycles. The van der Waals surface area contributed by atoms with Crippen LogP contribution in [0.15, 0.2) is 28.8 Å². The zero-order chi connectivity index (χ0) is 13.1. The van der Waals surface area contributed by atoms with E-state index >= 15 is 0 Å². The quantitative estimate of drug-likeness (QED) is 0.886. The fraction of sp³-hybridized carbons (Fsp3) is 0.357. The first kappa shape index (κ1) is 13.0. The molecule has 0 bridgehead atoms. The zero-order valence-corrected chi connectivity index (χ0v) is 11.4. The minimum Gasteiger partial charge on any atom is -0.380 e. The van der Waals surface area contributed by atoms with E-state index in [9.17, 15) is 0 Å². The first-order chi connectivity index (χ1) is 8.63. The fourth-order valence-electron chi connectivity index (χ4n) is 2.15. The first-order valence-corrected chi connectivity index (χ1v) is 6.52. The van der Waals surface area contributed by atoms with Crippen molar-refractivity contribution in [1.82, 2.24) is 5.16 Å². The molecule has 0 spiro atoms. The van der Waals surface area contributed by atoms with Gasteiger partial charge in [0, 0.05) is 10.9 Å². The lowest BCUT2D eigenvalue weighted by Gasteiger charge is -2.09. The van der Waals surface area contributed by atoms with Crippen LogP contribution in [0.5, 0.6) is 0 Å². The Labute approximate surface area is 112 Å². The van der Waals surface area contributed by atoms with Crippen LogP contribution >= 0.6 is 11.6 Å². The van der Waals surface area contributed by atoms with Gasteiger partial charge in [0.15, 0.2) is 5.82 Å². The van der Waals surface area contributed by atoms with Gasteiger partial charge in [0.1, 0.15) is 5.76 Å². The van der Waals surface area contributed by atoms with Crippen molar-refractivity contribution in [3.63, 3.8) is 0 Å². The van der Waals surface area contributed by atoms with Gasteiger partial charge in [0.25, 0.3) is 0 Å². The number of anilines is 1. The molecule has 2 rings (SSSR count). The van der Waals surface area contributed by atoms with Gasteiger partial charge >= 0.3 is 0 Å². The van der Waals surface area contributed by atoms with E-state index in [1.54, 1.807) is 0 Å². The predicted octanol–water partition coefficient (Wildman–Crippen LogP) is 4.48. The van der Waals surface area contributed by atoms with Crippen molar-refractivity contribution < 1.29 is 4.52 Å². The van der Waals surface area contributed by atoms with E-state index in [-0.39, 0.29) is 0 Å². The molecule has 96 valence electrons. The van der Waals surface area contributed by atoms with Gasteiger partial charge in [-0.05, 0) is 24.1 Å². The summed E-state index contributed by atoms with van der Waals surface area (Å²) in [5.74, 6) is 1.57. The standard InChI is InChI=1S/C14H17ClN2O/c1-3-5-9(2)13-12(14(16)17-18-13)10-6-4-7-11(15)8-10/h4,6-9H,3,5H2,1-2H3,(H2,16,17). The zero-order valence-electron chi connectivity index (χ0n) is 10.6. The molecule has 0 saturated carbocycles. The van der Waals surface area contributed by atoms with Gasteiger partial charge in [0.05, 0.1) is 5.56 Å². The summed E-state index contributed by atoms with van der Waals surface area (Å²) >= 11 is 6.02. The average Bonchev–Trinajstić information content (AvgIpc) is 2.71. The van der Waals surface area contributed by atoms with Gasteiger partial charge in [0.2, 0.25) is 0 Å². The monoisotopic (exact) mass is 264 g/mol. The van der Waals surface area contributed by atoms with E-state index in [1.807, 2.05) is 24.3 Å². The molecule has 1 aromatic carbocycles. The summed E-state index contributed by atoms with van der Waals surface area (Å²) in [5, 5.41) is 4.57. The molecule has 2 aromatic rings. The van der Waals surface area contributed by atoms with Crippen molar-refractivity contribution in [3.05, 3.63) is 35.0 Å². The average molecular weight is 265 g/mol. The summed E-state index contributed by atoms with van der Waals surface area (Å²) < 4.78 is 5.39. The highest BCUT2D eigenvalue weighted by atomic mass is 35.5. The Hall–Kier alpha value is -1.48. The number of nitrogens with two attached hydrogens (primary N) is 1. The normalized spacial score (nSPS) is 12.6. The molecule has 1 unspecified atom stereocenters. The van der Waals surface area contributed by atoms with Gasteiger partial charge in [-0.1, -0.05) is 49.2 Å². The van der Waals surface area contributed by atoms with Gasteiger partial charge in [-0.3, -0.25) is 0 Å². The number of hydrogen-bond donors (Lipinski definition) is 1. The number of nitrogen functional groups attached to an aromatic ring is 1. The van der Waals surface area contributed by atoms with Crippen molar-refractivity contribution in [3.8, 4) is 11.1 Å². The van der Waals surface area contributed by atoms with E-state index < -0.39 is 0 Å². The lowest BCUT2D eigenvalue weighted by atomic mass is 9.96. The van der Waals surface area contributed by atoms with Gasteiger partial charge in [-0.2, -0.15) is 0 Å². The number of aromatic nitrogens is 1. The summed E-state index contributed by atoms with van der Waals surface area (Å²) in [6, 6.07) is 7.59. The van der Waals surface area contributed by atoms with Crippen LogP contribution in [-0.4, -0.2) is 5.16 Å². The molecule has 1 heterocycles. The second kappa shape index (κ2) is 5.44. The van der Waals surface area contributed by atoms with Crippen molar-refractivity contribution in [2.24, 2.45) is 0 Å². The molecule has 0 radical (unpaired) electrons. The second-order valence-corrected chi connectivity index (χ2v) is 4.94. The van der Waals surface area contributed by atoms with Crippen LogP contribution in [0.1, 0.15) is 38.4 Å². The first-order valence-electron chi connectivity index (χ1n) is 6.14. The highest BCUT2D eigenvalue weighted by molar-refractivity contribution is 6.30. The lowest BCUT2D eigenvalue weighted by Crippen LogP contribution is -1.95. The van der Waals surface area contributed by atoms with Crippen LogP contribution in [0.3, 0.4) is 0 Å². The molecule has 18 heavy (non-hydrogen) atoms. The lowest BCUT2D eigenvalue weighted by molar-refractivity contribution is 0.362. The van der Waals surface area contributed by atoms with Crippen molar-refractivity contribution in [2.75, 3.05) is 5.73 Å². The molecule has 0 aliphatic carbocycles. The molecular weight excluding hydrogens is 248 g/mol. The van der Waals surface area contributed by atoms with Crippen LogP contribution in [0, 0.1) is 0 Å². The van der Waals surface area contributed by atoms with Gasteiger partial charge in [-0.25, -0.2) is 0 Å². The molecule has 0 saturated heterocycles. The van der Waals surface area contributed by atoms with Crippen molar-refractivity contribution in [2.45, 2.75) is 32.6 Å². The van der Waals surface area contributed by atoms with Crippen molar-refractivity contribution in [1.29, 1.82) is 0 Å². The molecule has 0 amide bonds. The number of hydrogen-bond acceptors (Lipinski definition) is 3. The molecule has 1 atom stereocenters. The van der Waals surface area contributed by atoms with E-state index in [2.05, 4.69) is 19.0 Å². The van der Waals surface area contributed by atoms with Crippen LogP contribution in [0.4, 0.5) is 5.82 Å². The van der Waals surface area contributed by atoms with Crippen molar-refractivity contribution >= 4 is 17.4 Å². The third-order valence-electron chi connectivity index (χ3n) is 3.03. The van der Waals surface area contributed by atoms with Crippen LogP contribution in [0.2, 0.25) is 5.02 Å². The van der Waals surface area contributed by atoms with E-state index in [0.29, 0.717) is 16.8 Å². The maximum Gasteiger partial charge on any atom is 0.175 e. The number of halogens is 1. The summed E-state index contributed by atoms with van der Waals surface area (Å²) in [6.45, 7) is 4.27. The Morgan fingerprint density at radius 1 is 1.44 bits per heavy atom. The van der Waals surface area contributed by atoms with Gasteiger partial charge < -0.3 is 10.3 Å². The van der Waals surface area contributed by atoms with Crippen LogP contribution in [0.25, 0.3) is 11.1 Å². The number of benzene rings is 1. The topological polar surface area (TPSA) is 52.0 Å². The minimum absolute atomic E-state index is 0.300. The van der Waals surface area contributed by atoms with Gasteiger partial charge in [-0.15, -0.1) is 0 Å². The molecule has 1 aromatic heterocycles. The van der Waals surface area contributed by atoms with E-state index in [0.717, 1.165) is 29.7 Å². The predicted molar refractivity (Wildman–Crippen MR) is 74.7 cm³/mol. The Morgan fingerprint density at radius 2 is 2.22 bits per heavy atom. The molecule has 0 fully saturated rings. The summed E-state index contributed by atoms with van der Waals surface area (Å²) in [6.07, 6.45) is 2.14. The van der Waals surface area contributed by atoms with E-state index in [4.69, 9.17) is 21.9 Å². The smallest absolute Gasteiger partial charge is 0.175 e. The summed E-state index contributed by atoms with van der Waals surface area (Å²) in [5.41, 5.74) is 7.74. The Morgan fingerprint density at radius 3 is 2.89 bits per heavy atom. The van der Waals surface area contributed by atoms with E-state index in [1.165, 1.54) is 0 Å². The maximum absolute atomic E-state index is 6.02. The molecular formula is C14H17ClN2O. The highest BCUT2D eigenvalue weighted by Gasteiger charge is 2.20. The Bertz CT molecular complexity index is 536. The number of rotatable bonds is 4. The fourth-order valence-corrected chi connectivity index (χ4v) is 2.34. The third kappa shape index (κ3) is 2.51. The Kier molecular flexibility index (Phi) is 3.92. The third-order valence-corrected chi connectivity index (χ3v) is 3.26. The van der Waals surface area contributed by atoms with Crippen LogP contribution in [-0.2, 0) is 0 Å². The number of nitrogens with zero attached hydrogens (tertiary/aromatic N) is 1. The minimum atomic E-state index is 0.300. The highest BCUT2D eigenvalue weighted by Crippen LogP contribution is 2.36. The summed E-state index contributed by atoms with van der Waals surface area (Å²) in [4.78, 5) is 0. The largest absolute Gasteiger partial charge is 0.380 e. The second-order valence-electron chi connectivity index (χ2n) is 4.51. The molecule has 4 heteroatoms. The molecule has 0 aliphatic rings. The van der Waals surface area contributed by atoms with Crippen LogP contribution < -0.4 is 5.73 Å². The SMILES string of the molecule is CCCC(C)c1onc(N)c1-c1cccc(Cl)c1. The summed E-state index contributed by atoms with van der Waals surface area (Å²) in [7, 11) is 0. The maximum atomic E-state index is 6.02. The Balaban J connectivity index is 2.47.